The Bertz CT molecular complexity index is 934. The molecule has 0 aliphatic heterocycles. The van der Waals surface area contributed by atoms with Crippen LogP contribution in [0, 0.1) is 0 Å². The molecule has 0 unspecified atom stereocenters. The third-order valence-corrected chi connectivity index (χ3v) is 4.02. The summed E-state index contributed by atoms with van der Waals surface area (Å²) in [5.41, 5.74) is 2.42. The number of nitrogens with zero attached hydrogens (tertiary/aromatic N) is 3. The highest BCUT2D eigenvalue weighted by molar-refractivity contribution is 5.92. The molecule has 3 rings (SSSR count). The molecule has 1 heterocycles. The zero-order valence-corrected chi connectivity index (χ0v) is 15.8. The van der Waals surface area contributed by atoms with Gasteiger partial charge in [-0.3, -0.25) is 9.59 Å². The molecule has 28 heavy (non-hydrogen) atoms. The number of para-hydroxylation sites is 1. The van der Waals surface area contributed by atoms with Gasteiger partial charge in [-0.25, -0.2) is 4.68 Å². The quantitative estimate of drug-likeness (QED) is 0.685. The Balaban J connectivity index is 1.52. The first kappa shape index (κ1) is 19.2. The number of hydrogen-bond donors (Lipinski definition) is 1. The Kier molecular flexibility index (Phi) is 6.06. The van der Waals surface area contributed by atoms with Gasteiger partial charge in [0.1, 0.15) is 5.75 Å². The monoisotopic (exact) mass is 378 g/mol. The van der Waals surface area contributed by atoms with E-state index in [4.69, 9.17) is 4.74 Å². The lowest BCUT2D eigenvalue weighted by molar-refractivity contribution is -0.130. The van der Waals surface area contributed by atoms with Crippen LogP contribution in [0.15, 0.2) is 67.0 Å². The number of amides is 2. The van der Waals surface area contributed by atoms with Crippen molar-refractivity contribution in [3.8, 4) is 11.4 Å². The van der Waals surface area contributed by atoms with Crippen LogP contribution in [-0.2, 0) is 16.0 Å². The summed E-state index contributed by atoms with van der Waals surface area (Å²) in [5, 5.41) is 7.14. The average molecular weight is 378 g/mol. The lowest BCUT2D eigenvalue weighted by atomic mass is 10.2. The Morgan fingerprint density at radius 2 is 1.79 bits per heavy atom. The minimum absolute atomic E-state index is 0.0237. The number of carbonyl (C=O) groups is 2. The van der Waals surface area contributed by atoms with Crippen LogP contribution in [0.3, 0.4) is 0 Å². The van der Waals surface area contributed by atoms with Crippen LogP contribution in [0.1, 0.15) is 5.56 Å². The summed E-state index contributed by atoms with van der Waals surface area (Å²) in [4.78, 5) is 25.3. The number of carbonyl (C=O) groups excluding carboxylic acids is 2. The van der Waals surface area contributed by atoms with E-state index >= 15 is 0 Å². The molecule has 7 heteroatoms. The smallest absolute Gasteiger partial charge is 0.259 e. The summed E-state index contributed by atoms with van der Waals surface area (Å²) < 4.78 is 7.15. The van der Waals surface area contributed by atoms with Crippen LogP contribution >= 0.6 is 0 Å². The van der Waals surface area contributed by atoms with Gasteiger partial charge < -0.3 is 15.0 Å². The molecule has 0 bridgehead atoms. The first-order valence-electron chi connectivity index (χ1n) is 8.83. The Hall–Kier alpha value is -3.61. The molecule has 0 spiro atoms. The van der Waals surface area contributed by atoms with Gasteiger partial charge in [0.05, 0.1) is 18.3 Å². The minimum atomic E-state index is -0.135. The van der Waals surface area contributed by atoms with E-state index < -0.39 is 0 Å². The van der Waals surface area contributed by atoms with E-state index in [-0.39, 0.29) is 24.8 Å². The molecular weight excluding hydrogens is 356 g/mol. The molecule has 2 amide bonds. The molecule has 0 aliphatic carbocycles. The van der Waals surface area contributed by atoms with Gasteiger partial charge in [-0.15, -0.1) is 0 Å². The van der Waals surface area contributed by atoms with Gasteiger partial charge in [0.25, 0.3) is 5.91 Å². The van der Waals surface area contributed by atoms with Crippen molar-refractivity contribution in [3.63, 3.8) is 0 Å². The number of nitrogens with one attached hydrogen (secondary N) is 1. The minimum Gasteiger partial charge on any atom is -0.484 e. The van der Waals surface area contributed by atoms with Gasteiger partial charge in [-0.1, -0.05) is 18.2 Å². The van der Waals surface area contributed by atoms with E-state index in [1.807, 2.05) is 36.5 Å². The molecule has 3 aromatic rings. The molecule has 0 saturated carbocycles. The van der Waals surface area contributed by atoms with E-state index in [1.54, 1.807) is 49.2 Å². The number of anilines is 1. The fourth-order valence-corrected chi connectivity index (χ4v) is 2.47. The second-order valence-corrected chi connectivity index (χ2v) is 6.45. The van der Waals surface area contributed by atoms with Crippen LogP contribution in [0.5, 0.6) is 5.75 Å². The predicted octanol–water partition coefficient (Wildman–Crippen LogP) is 2.52. The average Bonchev–Trinajstić information content (AvgIpc) is 3.16. The van der Waals surface area contributed by atoms with E-state index in [0.717, 1.165) is 11.3 Å². The standard InChI is InChI=1S/C21H22N4O3/c1-24(2)21(27)15-28-19-10-8-17(9-11-19)23-20(26)12-16-13-22-25(14-16)18-6-4-3-5-7-18/h3-11,13-14H,12,15H2,1-2H3,(H,23,26). The maximum absolute atomic E-state index is 12.3. The van der Waals surface area contributed by atoms with E-state index in [1.165, 1.54) is 4.90 Å². The highest BCUT2D eigenvalue weighted by Crippen LogP contribution is 2.16. The van der Waals surface area contributed by atoms with E-state index in [9.17, 15) is 9.59 Å². The largest absolute Gasteiger partial charge is 0.484 e. The Morgan fingerprint density at radius 3 is 2.46 bits per heavy atom. The number of likely N-dealkylation sites (N-methyl/N-ethyl adjacent to an activating group) is 1. The Morgan fingerprint density at radius 1 is 1.07 bits per heavy atom. The van der Waals surface area contributed by atoms with Crippen LogP contribution in [0.4, 0.5) is 5.69 Å². The molecular formula is C21H22N4O3. The van der Waals surface area contributed by atoms with Crippen molar-refractivity contribution >= 4 is 17.5 Å². The molecule has 144 valence electrons. The SMILES string of the molecule is CN(C)C(=O)COc1ccc(NC(=O)Cc2cnn(-c3ccccc3)c2)cc1. The summed E-state index contributed by atoms with van der Waals surface area (Å²) in [7, 11) is 3.35. The van der Waals surface area contributed by atoms with Gasteiger partial charge in [0.2, 0.25) is 5.91 Å². The van der Waals surface area contributed by atoms with Crippen LogP contribution in [-0.4, -0.2) is 47.2 Å². The molecule has 0 atom stereocenters. The van der Waals surface area contributed by atoms with Crippen molar-refractivity contribution in [1.82, 2.24) is 14.7 Å². The van der Waals surface area contributed by atoms with Crippen LogP contribution in [0.2, 0.25) is 0 Å². The normalized spacial score (nSPS) is 10.4. The maximum atomic E-state index is 12.3. The van der Waals surface area contributed by atoms with Crippen molar-refractivity contribution in [2.24, 2.45) is 0 Å². The van der Waals surface area contributed by atoms with Gasteiger partial charge in [-0.05, 0) is 42.0 Å². The number of rotatable bonds is 7. The zero-order chi connectivity index (χ0) is 19.9. The zero-order valence-electron chi connectivity index (χ0n) is 15.8. The summed E-state index contributed by atoms with van der Waals surface area (Å²) in [6, 6.07) is 16.6. The summed E-state index contributed by atoms with van der Waals surface area (Å²) in [5.74, 6) is 0.315. The first-order valence-corrected chi connectivity index (χ1v) is 8.83. The van der Waals surface area contributed by atoms with Crippen molar-refractivity contribution in [2.75, 3.05) is 26.0 Å². The molecule has 0 aliphatic rings. The molecule has 0 radical (unpaired) electrons. The first-order chi connectivity index (χ1) is 13.5. The van der Waals surface area contributed by atoms with Crippen molar-refractivity contribution < 1.29 is 14.3 Å². The number of hydrogen-bond acceptors (Lipinski definition) is 4. The second-order valence-electron chi connectivity index (χ2n) is 6.45. The molecule has 1 N–H and O–H groups in total. The van der Waals surface area contributed by atoms with E-state index in [2.05, 4.69) is 10.4 Å². The van der Waals surface area contributed by atoms with Crippen LogP contribution in [0.25, 0.3) is 5.69 Å². The fourth-order valence-electron chi connectivity index (χ4n) is 2.47. The molecule has 1 aromatic heterocycles. The molecule has 0 fully saturated rings. The highest BCUT2D eigenvalue weighted by Gasteiger charge is 2.08. The lowest BCUT2D eigenvalue weighted by Gasteiger charge is -2.11. The van der Waals surface area contributed by atoms with Gasteiger partial charge in [-0.2, -0.15) is 5.10 Å². The lowest BCUT2D eigenvalue weighted by Crippen LogP contribution is -2.27. The van der Waals surface area contributed by atoms with E-state index in [0.29, 0.717) is 11.4 Å². The van der Waals surface area contributed by atoms with Crippen molar-refractivity contribution in [1.29, 1.82) is 0 Å². The molecule has 0 saturated heterocycles. The number of benzene rings is 2. The van der Waals surface area contributed by atoms with Gasteiger partial charge in [0, 0.05) is 26.0 Å². The third kappa shape index (κ3) is 5.20. The maximum Gasteiger partial charge on any atom is 0.259 e. The molecule has 2 aromatic carbocycles. The topological polar surface area (TPSA) is 76.5 Å². The number of aromatic nitrogens is 2. The van der Waals surface area contributed by atoms with Crippen molar-refractivity contribution in [2.45, 2.75) is 6.42 Å². The summed E-state index contributed by atoms with van der Waals surface area (Å²) >= 11 is 0. The summed E-state index contributed by atoms with van der Waals surface area (Å²) in [6.45, 7) is -0.0237. The predicted molar refractivity (Wildman–Crippen MR) is 107 cm³/mol. The van der Waals surface area contributed by atoms with Crippen LogP contribution < -0.4 is 10.1 Å². The highest BCUT2D eigenvalue weighted by atomic mass is 16.5. The van der Waals surface area contributed by atoms with Crippen molar-refractivity contribution in [3.05, 3.63) is 72.6 Å². The molecule has 7 nitrogen and oxygen atoms in total. The Labute approximate surface area is 163 Å². The summed E-state index contributed by atoms with van der Waals surface area (Å²) in [6.07, 6.45) is 3.75. The van der Waals surface area contributed by atoms with Gasteiger partial charge in [0.15, 0.2) is 6.61 Å². The van der Waals surface area contributed by atoms with Gasteiger partial charge >= 0.3 is 0 Å². The third-order valence-electron chi connectivity index (χ3n) is 4.02. The second kappa shape index (κ2) is 8.85. The number of ether oxygens (including phenoxy) is 1. The fraction of sp³-hybridized carbons (Fsp3) is 0.190.